The summed E-state index contributed by atoms with van der Waals surface area (Å²) in [6.45, 7) is 6.79. The minimum absolute atomic E-state index is 0.0173. The van der Waals surface area contributed by atoms with Crippen molar-refractivity contribution in [2.24, 2.45) is 5.92 Å². The van der Waals surface area contributed by atoms with Crippen LogP contribution in [-0.2, 0) is 9.53 Å². The third-order valence-electron chi connectivity index (χ3n) is 2.30. The fourth-order valence-corrected chi connectivity index (χ4v) is 1.65. The predicted molar refractivity (Wildman–Crippen MR) is 59.7 cm³/mol. The topological polar surface area (TPSA) is 58.6 Å². The molecule has 0 bridgehead atoms. The SMILES string of the molecule is CC(C)(C)OC(=O)NN1CCCC(C=O)C1. The first-order valence-corrected chi connectivity index (χ1v) is 5.60. The van der Waals surface area contributed by atoms with Gasteiger partial charge >= 0.3 is 6.09 Å². The van der Waals surface area contributed by atoms with Gasteiger partial charge in [0.1, 0.15) is 11.9 Å². The smallest absolute Gasteiger partial charge is 0.422 e. The summed E-state index contributed by atoms with van der Waals surface area (Å²) in [6, 6.07) is 0. The highest BCUT2D eigenvalue weighted by atomic mass is 16.6. The predicted octanol–water partition coefficient (Wildman–Crippen LogP) is 1.34. The van der Waals surface area contributed by atoms with Gasteiger partial charge in [-0.2, -0.15) is 0 Å². The van der Waals surface area contributed by atoms with Gasteiger partial charge in [0.25, 0.3) is 0 Å². The second-order valence-corrected chi connectivity index (χ2v) is 5.10. The highest BCUT2D eigenvalue weighted by Crippen LogP contribution is 2.13. The average molecular weight is 228 g/mol. The van der Waals surface area contributed by atoms with E-state index in [1.165, 1.54) is 0 Å². The van der Waals surface area contributed by atoms with Crippen LogP contribution in [0.2, 0.25) is 0 Å². The van der Waals surface area contributed by atoms with Gasteiger partial charge in [-0.15, -0.1) is 0 Å². The van der Waals surface area contributed by atoms with Crippen LogP contribution >= 0.6 is 0 Å². The molecule has 92 valence electrons. The molecule has 0 spiro atoms. The van der Waals surface area contributed by atoms with E-state index in [1.807, 2.05) is 20.8 Å². The molecule has 0 aromatic heterocycles. The van der Waals surface area contributed by atoms with Crippen LogP contribution in [0.5, 0.6) is 0 Å². The number of hydrogen-bond acceptors (Lipinski definition) is 4. The molecule has 1 aliphatic rings. The standard InChI is InChI=1S/C11H20N2O3/c1-11(2,3)16-10(15)12-13-6-4-5-9(7-13)8-14/h8-9H,4-7H2,1-3H3,(H,12,15). The monoisotopic (exact) mass is 228 g/mol. The largest absolute Gasteiger partial charge is 0.443 e. The third kappa shape index (κ3) is 4.61. The van der Waals surface area contributed by atoms with Gasteiger partial charge in [-0.25, -0.2) is 9.80 Å². The molecule has 0 aromatic rings. The van der Waals surface area contributed by atoms with Crippen molar-refractivity contribution in [2.75, 3.05) is 13.1 Å². The molecule has 1 atom stereocenters. The van der Waals surface area contributed by atoms with Gasteiger partial charge in [0.05, 0.1) is 0 Å². The zero-order valence-electron chi connectivity index (χ0n) is 10.2. The van der Waals surface area contributed by atoms with Crippen LogP contribution in [0.3, 0.4) is 0 Å². The number of nitrogens with one attached hydrogen (secondary N) is 1. The van der Waals surface area contributed by atoms with Crippen LogP contribution in [-0.4, -0.2) is 36.1 Å². The summed E-state index contributed by atoms with van der Waals surface area (Å²) in [5.41, 5.74) is 2.16. The number of ether oxygens (including phenoxy) is 1. The number of aldehydes is 1. The first-order chi connectivity index (χ1) is 7.40. The van der Waals surface area contributed by atoms with Crippen molar-refractivity contribution in [3.63, 3.8) is 0 Å². The Morgan fingerprint density at radius 1 is 1.50 bits per heavy atom. The summed E-state index contributed by atoms with van der Waals surface area (Å²) < 4.78 is 5.13. The van der Waals surface area contributed by atoms with Crippen LogP contribution in [0.1, 0.15) is 33.6 Å². The zero-order valence-corrected chi connectivity index (χ0v) is 10.2. The van der Waals surface area contributed by atoms with E-state index in [1.54, 1.807) is 5.01 Å². The minimum Gasteiger partial charge on any atom is -0.443 e. The van der Waals surface area contributed by atoms with Crippen molar-refractivity contribution in [1.82, 2.24) is 10.4 Å². The van der Waals surface area contributed by atoms with Crippen LogP contribution in [0, 0.1) is 5.92 Å². The van der Waals surface area contributed by atoms with E-state index in [0.717, 1.165) is 25.7 Å². The molecule has 1 heterocycles. The summed E-state index contributed by atoms with van der Waals surface area (Å²) in [4.78, 5) is 22.1. The Balaban J connectivity index is 2.36. The van der Waals surface area contributed by atoms with E-state index < -0.39 is 11.7 Å². The normalized spacial score (nSPS) is 22.6. The summed E-state index contributed by atoms with van der Waals surface area (Å²) in [5.74, 6) is 0.0173. The fourth-order valence-electron chi connectivity index (χ4n) is 1.65. The highest BCUT2D eigenvalue weighted by molar-refractivity contribution is 5.67. The number of piperidine rings is 1. The fraction of sp³-hybridized carbons (Fsp3) is 0.818. The van der Waals surface area contributed by atoms with Crippen LogP contribution in [0.15, 0.2) is 0 Å². The molecule has 1 N–H and O–H groups in total. The van der Waals surface area contributed by atoms with Gasteiger partial charge in [-0.05, 0) is 33.6 Å². The third-order valence-corrected chi connectivity index (χ3v) is 2.30. The molecule has 1 saturated heterocycles. The maximum absolute atomic E-state index is 11.5. The quantitative estimate of drug-likeness (QED) is 0.724. The molecule has 0 radical (unpaired) electrons. The van der Waals surface area contributed by atoms with Gasteiger partial charge in [-0.3, -0.25) is 5.43 Å². The summed E-state index contributed by atoms with van der Waals surface area (Å²) in [5, 5.41) is 1.75. The van der Waals surface area contributed by atoms with E-state index in [9.17, 15) is 9.59 Å². The van der Waals surface area contributed by atoms with Crippen LogP contribution < -0.4 is 5.43 Å². The van der Waals surface area contributed by atoms with Crippen molar-refractivity contribution in [1.29, 1.82) is 0 Å². The number of rotatable bonds is 2. The Bertz CT molecular complexity index is 260. The highest BCUT2D eigenvalue weighted by Gasteiger charge is 2.23. The molecular formula is C11H20N2O3. The van der Waals surface area contributed by atoms with E-state index in [0.29, 0.717) is 6.54 Å². The van der Waals surface area contributed by atoms with Gasteiger partial charge < -0.3 is 9.53 Å². The molecule has 1 amide bonds. The lowest BCUT2D eigenvalue weighted by Crippen LogP contribution is -2.49. The zero-order chi connectivity index (χ0) is 12.2. The molecule has 1 rings (SSSR count). The maximum Gasteiger partial charge on any atom is 0.422 e. The Kier molecular flexibility index (Phi) is 4.29. The van der Waals surface area contributed by atoms with Gasteiger partial charge in [0.15, 0.2) is 0 Å². The second-order valence-electron chi connectivity index (χ2n) is 5.10. The molecule has 1 unspecified atom stereocenters. The lowest BCUT2D eigenvalue weighted by Gasteiger charge is -2.31. The lowest BCUT2D eigenvalue weighted by molar-refractivity contribution is -0.113. The molecular weight excluding hydrogens is 208 g/mol. The Hall–Kier alpha value is -1.10. The lowest BCUT2D eigenvalue weighted by atomic mass is 10.0. The van der Waals surface area contributed by atoms with Crippen molar-refractivity contribution in [3.05, 3.63) is 0 Å². The first-order valence-electron chi connectivity index (χ1n) is 5.60. The second kappa shape index (κ2) is 5.30. The number of amides is 1. The van der Waals surface area contributed by atoms with Gasteiger partial charge in [-0.1, -0.05) is 0 Å². The minimum atomic E-state index is -0.496. The maximum atomic E-state index is 11.5. The summed E-state index contributed by atoms with van der Waals surface area (Å²) in [7, 11) is 0. The molecule has 1 aliphatic heterocycles. The molecule has 1 fully saturated rings. The van der Waals surface area contributed by atoms with Crippen molar-refractivity contribution >= 4 is 12.4 Å². The number of carbonyl (C=O) groups excluding carboxylic acids is 2. The molecule has 0 aromatic carbocycles. The van der Waals surface area contributed by atoms with Crippen molar-refractivity contribution < 1.29 is 14.3 Å². The van der Waals surface area contributed by atoms with E-state index in [-0.39, 0.29) is 5.92 Å². The molecule has 5 nitrogen and oxygen atoms in total. The van der Waals surface area contributed by atoms with Crippen molar-refractivity contribution in [3.8, 4) is 0 Å². The number of nitrogens with zero attached hydrogens (tertiary/aromatic N) is 1. The van der Waals surface area contributed by atoms with E-state index in [2.05, 4.69) is 5.43 Å². The Morgan fingerprint density at radius 3 is 2.75 bits per heavy atom. The molecule has 5 heteroatoms. The molecule has 0 aliphatic carbocycles. The first kappa shape index (κ1) is 13.0. The van der Waals surface area contributed by atoms with E-state index >= 15 is 0 Å². The number of hydrazine groups is 1. The van der Waals surface area contributed by atoms with Gasteiger partial charge in [0, 0.05) is 19.0 Å². The average Bonchev–Trinajstić information content (AvgIpc) is 2.15. The summed E-state index contributed by atoms with van der Waals surface area (Å²) in [6.07, 6.45) is 2.30. The molecule has 16 heavy (non-hydrogen) atoms. The summed E-state index contributed by atoms with van der Waals surface area (Å²) >= 11 is 0. The Labute approximate surface area is 96.1 Å². The van der Waals surface area contributed by atoms with E-state index in [4.69, 9.17) is 4.74 Å². The number of hydrogen-bond donors (Lipinski definition) is 1. The van der Waals surface area contributed by atoms with Crippen molar-refractivity contribution in [2.45, 2.75) is 39.2 Å². The van der Waals surface area contributed by atoms with Crippen LogP contribution in [0.25, 0.3) is 0 Å². The Morgan fingerprint density at radius 2 is 2.19 bits per heavy atom. The number of carbonyl (C=O) groups is 2. The van der Waals surface area contributed by atoms with Crippen LogP contribution in [0.4, 0.5) is 4.79 Å². The van der Waals surface area contributed by atoms with Gasteiger partial charge in [0.2, 0.25) is 0 Å². The molecule has 0 saturated carbocycles.